The first-order valence-corrected chi connectivity index (χ1v) is 11.2. The van der Waals surface area contributed by atoms with Crippen LogP contribution in [0.5, 0.6) is 0 Å². The van der Waals surface area contributed by atoms with Crippen molar-refractivity contribution in [2.45, 2.75) is 26.0 Å². The maximum absolute atomic E-state index is 11.5. The molecule has 0 radical (unpaired) electrons. The predicted molar refractivity (Wildman–Crippen MR) is 131 cm³/mol. The molecule has 0 spiro atoms. The smallest absolute Gasteiger partial charge is 0.221 e. The molecule has 0 saturated carbocycles. The predicted octanol–water partition coefficient (Wildman–Crippen LogP) is 3.22. The Morgan fingerprint density at radius 2 is 2.09 bits per heavy atom. The lowest BCUT2D eigenvalue weighted by Crippen LogP contribution is -2.51. The second-order valence-electron chi connectivity index (χ2n) is 9.02. The van der Waals surface area contributed by atoms with Crippen LogP contribution in [0, 0.1) is 0 Å². The van der Waals surface area contributed by atoms with Crippen molar-refractivity contribution in [2.75, 3.05) is 44.0 Å². The molecule has 1 aliphatic heterocycles. The molecule has 2 unspecified atom stereocenters. The minimum atomic E-state index is -0.110. The molecule has 0 aliphatic carbocycles. The lowest BCUT2D eigenvalue weighted by atomic mass is 10.1. The van der Waals surface area contributed by atoms with Gasteiger partial charge >= 0.3 is 0 Å². The Labute approximate surface area is 192 Å². The highest BCUT2D eigenvalue weighted by Crippen LogP contribution is 2.30. The molecule has 5 rings (SSSR count). The van der Waals surface area contributed by atoms with Crippen molar-refractivity contribution in [3.05, 3.63) is 36.4 Å². The first-order chi connectivity index (χ1) is 15.9. The molecular weight excluding hydrogens is 418 g/mol. The fourth-order valence-corrected chi connectivity index (χ4v) is 4.46. The zero-order valence-electron chi connectivity index (χ0n) is 19.3. The van der Waals surface area contributed by atoms with E-state index in [1.807, 2.05) is 24.3 Å². The van der Waals surface area contributed by atoms with Gasteiger partial charge in [-0.2, -0.15) is 5.10 Å². The van der Waals surface area contributed by atoms with Crippen LogP contribution in [0.25, 0.3) is 33.5 Å². The van der Waals surface area contributed by atoms with Gasteiger partial charge in [-0.25, -0.2) is 4.98 Å². The van der Waals surface area contributed by atoms with Gasteiger partial charge in [0.2, 0.25) is 5.91 Å². The second kappa shape index (κ2) is 8.49. The summed E-state index contributed by atoms with van der Waals surface area (Å²) in [5, 5.41) is 11.3. The summed E-state index contributed by atoms with van der Waals surface area (Å²) in [6.45, 7) is 6.14. The molecule has 1 aliphatic rings. The summed E-state index contributed by atoms with van der Waals surface area (Å²) in [6.07, 6.45) is 0.178. The van der Waals surface area contributed by atoms with Gasteiger partial charge in [0.25, 0.3) is 0 Å². The van der Waals surface area contributed by atoms with Crippen molar-refractivity contribution in [1.29, 1.82) is 0 Å². The summed E-state index contributed by atoms with van der Waals surface area (Å²) in [7, 11) is 4.14. The molecule has 2 aromatic carbocycles. The van der Waals surface area contributed by atoms with Gasteiger partial charge in [-0.1, -0.05) is 0 Å². The van der Waals surface area contributed by atoms with E-state index in [4.69, 9.17) is 9.72 Å². The van der Waals surface area contributed by atoms with E-state index < -0.39 is 0 Å². The second-order valence-corrected chi connectivity index (χ2v) is 9.02. The fraction of sp³-hybridized carbons (Fsp3) is 0.375. The number of H-pyrrole nitrogens is 2. The number of rotatable bonds is 5. The van der Waals surface area contributed by atoms with Crippen LogP contribution in [0.15, 0.2) is 36.4 Å². The largest absolute Gasteiger partial charge is 0.373 e. The average Bonchev–Trinajstić information content (AvgIpc) is 3.37. The van der Waals surface area contributed by atoms with Crippen molar-refractivity contribution in [2.24, 2.45) is 0 Å². The maximum Gasteiger partial charge on any atom is 0.221 e. The molecule has 1 amide bonds. The fourth-order valence-electron chi connectivity index (χ4n) is 4.46. The number of morpholine rings is 1. The number of carbonyl (C=O) groups excluding carboxylic acids is 1. The third-order valence-electron chi connectivity index (χ3n) is 5.98. The van der Waals surface area contributed by atoms with Gasteiger partial charge in [-0.15, -0.1) is 0 Å². The van der Waals surface area contributed by atoms with Crippen LogP contribution < -0.4 is 10.2 Å². The zero-order chi connectivity index (χ0) is 23.1. The number of hydrogen-bond acceptors (Lipinski definition) is 6. The van der Waals surface area contributed by atoms with Crippen molar-refractivity contribution in [3.8, 4) is 11.5 Å². The van der Waals surface area contributed by atoms with E-state index in [2.05, 4.69) is 63.4 Å². The number of carbonyl (C=O) groups is 1. The molecule has 2 aromatic heterocycles. The van der Waals surface area contributed by atoms with E-state index in [1.165, 1.54) is 6.92 Å². The minimum Gasteiger partial charge on any atom is -0.373 e. The Balaban J connectivity index is 1.47. The summed E-state index contributed by atoms with van der Waals surface area (Å²) in [6, 6.07) is 12.3. The number of amides is 1. The number of hydrogen-bond donors (Lipinski definition) is 3. The first-order valence-electron chi connectivity index (χ1n) is 11.2. The Morgan fingerprint density at radius 1 is 1.24 bits per heavy atom. The van der Waals surface area contributed by atoms with Crippen molar-refractivity contribution in [1.82, 2.24) is 25.1 Å². The molecular formula is C24H29N7O2. The van der Waals surface area contributed by atoms with Crippen LogP contribution in [0.4, 0.5) is 11.4 Å². The number of likely N-dealkylation sites (N-methyl/N-ethyl adjacent to an activating group) is 1. The van der Waals surface area contributed by atoms with Crippen LogP contribution in [-0.2, 0) is 9.53 Å². The number of aromatic amines is 2. The lowest BCUT2D eigenvalue weighted by molar-refractivity contribution is -0.114. The molecule has 33 heavy (non-hydrogen) atoms. The molecule has 9 nitrogen and oxygen atoms in total. The summed E-state index contributed by atoms with van der Waals surface area (Å²) in [5.41, 5.74) is 5.32. The molecule has 2 atom stereocenters. The number of anilines is 2. The SMILES string of the molecule is CC(=O)Nc1ccc2[nH]nc(-c3nc4ccc(N5CC(CN(C)C)OCC5C)cc4[nH]3)c2c1. The summed E-state index contributed by atoms with van der Waals surface area (Å²) < 4.78 is 6.03. The van der Waals surface area contributed by atoms with Gasteiger partial charge in [0.1, 0.15) is 5.69 Å². The Bertz CT molecular complexity index is 1310. The number of fused-ring (bicyclic) bond motifs is 2. The summed E-state index contributed by atoms with van der Waals surface area (Å²) in [5.74, 6) is 0.578. The number of nitrogens with one attached hydrogen (secondary N) is 3. The Morgan fingerprint density at radius 3 is 2.88 bits per heavy atom. The van der Waals surface area contributed by atoms with Crippen LogP contribution in [0.2, 0.25) is 0 Å². The van der Waals surface area contributed by atoms with Gasteiger partial charge < -0.3 is 24.8 Å². The van der Waals surface area contributed by atoms with Crippen LogP contribution in [-0.4, -0.2) is 76.9 Å². The number of benzene rings is 2. The average molecular weight is 448 g/mol. The molecule has 3 N–H and O–H groups in total. The number of ether oxygens (including phenoxy) is 1. The van der Waals surface area contributed by atoms with E-state index in [1.54, 1.807) is 0 Å². The van der Waals surface area contributed by atoms with E-state index in [0.717, 1.165) is 52.1 Å². The zero-order valence-corrected chi connectivity index (χ0v) is 19.3. The van der Waals surface area contributed by atoms with Crippen molar-refractivity contribution >= 4 is 39.2 Å². The first kappa shape index (κ1) is 21.4. The highest BCUT2D eigenvalue weighted by atomic mass is 16.5. The molecule has 1 fully saturated rings. The van der Waals surface area contributed by atoms with Crippen molar-refractivity contribution < 1.29 is 9.53 Å². The number of imidazole rings is 1. The summed E-state index contributed by atoms with van der Waals surface area (Å²) >= 11 is 0. The molecule has 172 valence electrons. The van der Waals surface area contributed by atoms with E-state index in [0.29, 0.717) is 18.5 Å². The topological polar surface area (TPSA) is 102 Å². The molecule has 1 saturated heterocycles. The van der Waals surface area contributed by atoms with Crippen LogP contribution in [0.1, 0.15) is 13.8 Å². The van der Waals surface area contributed by atoms with E-state index in [9.17, 15) is 4.79 Å². The van der Waals surface area contributed by atoms with Crippen molar-refractivity contribution in [3.63, 3.8) is 0 Å². The third-order valence-corrected chi connectivity index (χ3v) is 5.98. The van der Waals surface area contributed by atoms with Gasteiger partial charge in [0, 0.05) is 42.8 Å². The lowest BCUT2D eigenvalue weighted by Gasteiger charge is -2.40. The van der Waals surface area contributed by atoms with Gasteiger partial charge in [0.15, 0.2) is 5.82 Å². The van der Waals surface area contributed by atoms with E-state index in [-0.39, 0.29) is 12.0 Å². The highest BCUT2D eigenvalue weighted by molar-refractivity contribution is 5.98. The monoisotopic (exact) mass is 447 g/mol. The van der Waals surface area contributed by atoms with Gasteiger partial charge in [0.05, 0.1) is 29.3 Å². The van der Waals surface area contributed by atoms with Gasteiger partial charge in [-0.05, 0) is 57.4 Å². The summed E-state index contributed by atoms with van der Waals surface area (Å²) in [4.78, 5) is 24.2. The Kier molecular flexibility index (Phi) is 5.51. The number of nitrogens with zero attached hydrogens (tertiary/aromatic N) is 4. The molecule has 4 aromatic rings. The quantitative estimate of drug-likeness (QED) is 0.434. The van der Waals surface area contributed by atoms with Crippen LogP contribution >= 0.6 is 0 Å². The highest BCUT2D eigenvalue weighted by Gasteiger charge is 2.27. The number of aromatic nitrogens is 4. The normalized spacial score (nSPS) is 19.0. The maximum atomic E-state index is 11.5. The van der Waals surface area contributed by atoms with E-state index >= 15 is 0 Å². The standard InChI is InChI=1S/C24H29N7O2/c1-14-13-33-18(11-30(3)4)12-31(14)17-6-8-21-22(10-17)27-24(26-21)23-19-9-16(25-15(2)32)5-7-20(19)28-29-23/h5-10,14,18H,11-13H2,1-4H3,(H,25,32)(H,26,27)(H,28,29). The molecule has 0 bridgehead atoms. The Hall–Kier alpha value is -3.43. The third kappa shape index (κ3) is 4.29. The van der Waals surface area contributed by atoms with Gasteiger partial charge in [-0.3, -0.25) is 9.89 Å². The minimum absolute atomic E-state index is 0.110. The molecule has 3 heterocycles. The van der Waals surface area contributed by atoms with Crippen LogP contribution in [0.3, 0.4) is 0 Å². The molecule has 9 heteroatoms.